The van der Waals surface area contributed by atoms with Gasteiger partial charge in [-0.05, 0) is 37.6 Å². The summed E-state index contributed by atoms with van der Waals surface area (Å²) in [7, 11) is -2.20. The van der Waals surface area contributed by atoms with Crippen LogP contribution >= 0.6 is 0 Å². The van der Waals surface area contributed by atoms with Crippen molar-refractivity contribution in [2.75, 3.05) is 18.9 Å². The first-order valence-electron chi connectivity index (χ1n) is 6.78. The molecule has 4 N–H and O–H groups in total. The molecule has 0 aromatic heterocycles. The lowest BCUT2D eigenvalue weighted by Crippen LogP contribution is -2.33. The van der Waals surface area contributed by atoms with E-state index in [1.807, 2.05) is 13.8 Å². The third-order valence-corrected chi connectivity index (χ3v) is 4.85. The summed E-state index contributed by atoms with van der Waals surface area (Å²) in [5, 5.41) is 2.77. The SMILES string of the molecule is CNS(=O)(=O)c1ccc(C)c(NC(=O)C(CN)C(C)C)c1. The molecule has 0 heterocycles. The Bertz CT molecular complexity index is 612. The predicted octanol–water partition coefficient (Wildman–Crippen LogP) is 1.07. The summed E-state index contributed by atoms with van der Waals surface area (Å²) in [6, 6.07) is 4.61. The molecule has 0 radical (unpaired) electrons. The first-order valence-corrected chi connectivity index (χ1v) is 8.26. The van der Waals surface area contributed by atoms with Gasteiger partial charge in [-0.3, -0.25) is 4.79 Å². The second kappa shape index (κ2) is 7.02. The first-order chi connectivity index (χ1) is 9.72. The van der Waals surface area contributed by atoms with Gasteiger partial charge in [-0.1, -0.05) is 19.9 Å². The average Bonchev–Trinajstić information content (AvgIpc) is 2.41. The van der Waals surface area contributed by atoms with Crippen LogP contribution in [0.25, 0.3) is 0 Å². The van der Waals surface area contributed by atoms with Gasteiger partial charge in [0.15, 0.2) is 0 Å². The smallest absolute Gasteiger partial charge is 0.240 e. The minimum absolute atomic E-state index is 0.111. The number of aryl methyl sites for hydroxylation is 1. The largest absolute Gasteiger partial charge is 0.330 e. The highest BCUT2D eigenvalue weighted by atomic mass is 32.2. The molecule has 0 fully saturated rings. The Labute approximate surface area is 126 Å². The Balaban J connectivity index is 3.09. The van der Waals surface area contributed by atoms with Gasteiger partial charge in [0.05, 0.1) is 10.8 Å². The standard InChI is InChI=1S/C14H23N3O3S/c1-9(2)12(8-15)14(18)17-13-7-11(6-5-10(13)3)21(19,20)16-4/h5-7,9,12,16H,8,15H2,1-4H3,(H,17,18). The lowest BCUT2D eigenvalue weighted by molar-refractivity contribution is -0.120. The number of rotatable bonds is 6. The normalized spacial score (nSPS) is 13.2. The van der Waals surface area contributed by atoms with Crippen LogP contribution in [-0.2, 0) is 14.8 Å². The molecule has 1 atom stereocenters. The van der Waals surface area contributed by atoms with Crippen LogP contribution < -0.4 is 15.8 Å². The van der Waals surface area contributed by atoms with Gasteiger partial charge in [0.2, 0.25) is 15.9 Å². The highest BCUT2D eigenvalue weighted by molar-refractivity contribution is 7.89. The highest BCUT2D eigenvalue weighted by Crippen LogP contribution is 2.21. The van der Waals surface area contributed by atoms with Gasteiger partial charge in [0.25, 0.3) is 0 Å². The zero-order valence-electron chi connectivity index (χ0n) is 12.8. The van der Waals surface area contributed by atoms with Crippen LogP contribution in [-0.4, -0.2) is 27.9 Å². The van der Waals surface area contributed by atoms with Crippen LogP contribution in [0.1, 0.15) is 19.4 Å². The molecule has 7 heteroatoms. The topological polar surface area (TPSA) is 101 Å². The zero-order chi connectivity index (χ0) is 16.2. The molecule has 1 amide bonds. The van der Waals surface area contributed by atoms with E-state index in [0.717, 1.165) is 5.56 Å². The van der Waals surface area contributed by atoms with E-state index < -0.39 is 10.0 Å². The molecule has 0 saturated carbocycles. The van der Waals surface area contributed by atoms with Crippen LogP contribution in [0.3, 0.4) is 0 Å². The molecule has 0 spiro atoms. The Morgan fingerprint density at radius 2 is 1.95 bits per heavy atom. The van der Waals surface area contributed by atoms with Crippen LogP contribution in [0.5, 0.6) is 0 Å². The summed E-state index contributed by atoms with van der Waals surface area (Å²) in [6.45, 7) is 5.90. The fourth-order valence-corrected chi connectivity index (χ4v) is 2.68. The molecule has 1 rings (SSSR count). The Hall–Kier alpha value is -1.44. The summed E-state index contributed by atoms with van der Waals surface area (Å²) < 4.78 is 25.9. The van der Waals surface area contributed by atoms with Crippen LogP contribution in [0, 0.1) is 18.8 Å². The predicted molar refractivity (Wildman–Crippen MR) is 83.4 cm³/mol. The van der Waals surface area contributed by atoms with E-state index in [1.165, 1.54) is 19.2 Å². The number of nitrogens with one attached hydrogen (secondary N) is 2. The van der Waals surface area contributed by atoms with Crippen LogP contribution in [0.4, 0.5) is 5.69 Å². The number of carbonyl (C=O) groups excluding carboxylic acids is 1. The van der Waals surface area contributed by atoms with Crippen molar-refractivity contribution in [1.29, 1.82) is 0 Å². The lowest BCUT2D eigenvalue weighted by atomic mass is 9.95. The first kappa shape index (κ1) is 17.6. The molecule has 6 nitrogen and oxygen atoms in total. The number of anilines is 1. The molecule has 1 unspecified atom stereocenters. The van der Waals surface area contributed by atoms with Crippen molar-refractivity contribution in [3.63, 3.8) is 0 Å². The van der Waals surface area contributed by atoms with Crippen molar-refractivity contribution in [1.82, 2.24) is 4.72 Å². The van der Waals surface area contributed by atoms with Gasteiger partial charge in [0, 0.05) is 12.2 Å². The number of hydrogen-bond donors (Lipinski definition) is 3. The van der Waals surface area contributed by atoms with E-state index in [-0.39, 0.29) is 29.2 Å². The molecule has 1 aromatic carbocycles. The molecule has 0 bridgehead atoms. The van der Waals surface area contributed by atoms with Crippen molar-refractivity contribution < 1.29 is 13.2 Å². The summed E-state index contributed by atoms with van der Waals surface area (Å²) >= 11 is 0. The maximum Gasteiger partial charge on any atom is 0.240 e. The van der Waals surface area contributed by atoms with Gasteiger partial charge in [0.1, 0.15) is 0 Å². The van der Waals surface area contributed by atoms with Crippen LogP contribution in [0.2, 0.25) is 0 Å². The van der Waals surface area contributed by atoms with Crippen molar-refractivity contribution in [3.8, 4) is 0 Å². The lowest BCUT2D eigenvalue weighted by Gasteiger charge is -2.19. The fraction of sp³-hybridized carbons (Fsp3) is 0.500. The number of hydrogen-bond acceptors (Lipinski definition) is 4. The van der Waals surface area contributed by atoms with E-state index in [4.69, 9.17) is 5.73 Å². The Morgan fingerprint density at radius 1 is 1.33 bits per heavy atom. The summed E-state index contributed by atoms with van der Waals surface area (Å²) in [6.07, 6.45) is 0. The third-order valence-electron chi connectivity index (χ3n) is 3.44. The van der Waals surface area contributed by atoms with Gasteiger partial charge < -0.3 is 11.1 Å². The van der Waals surface area contributed by atoms with Crippen molar-refractivity contribution in [2.24, 2.45) is 17.6 Å². The minimum atomic E-state index is -3.54. The number of sulfonamides is 1. The third kappa shape index (κ3) is 4.26. The monoisotopic (exact) mass is 313 g/mol. The number of benzene rings is 1. The molecule has 0 saturated heterocycles. The van der Waals surface area contributed by atoms with Crippen LogP contribution in [0.15, 0.2) is 23.1 Å². The highest BCUT2D eigenvalue weighted by Gasteiger charge is 2.21. The van der Waals surface area contributed by atoms with Crippen molar-refractivity contribution >= 4 is 21.6 Å². The average molecular weight is 313 g/mol. The zero-order valence-corrected chi connectivity index (χ0v) is 13.6. The maximum absolute atomic E-state index is 12.2. The Morgan fingerprint density at radius 3 is 2.43 bits per heavy atom. The quantitative estimate of drug-likeness (QED) is 0.731. The summed E-state index contributed by atoms with van der Waals surface area (Å²) in [5.41, 5.74) is 6.89. The second-order valence-electron chi connectivity index (χ2n) is 5.26. The van der Waals surface area contributed by atoms with Gasteiger partial charge in [-0.25, -0.2) is 13.1 Å². The molecule has 0 aliphatic heterocycles. The molecular formula is C14H23N3O3S. The van der Waals surface area contributed by atoms with Gasteiger partial charge in [-0.15, -0.1) is 0 Å². The fourth-order valence-electron chi connectivity index (χ4n) is 1.93. The van der Waals surface area contributed by atoms with Gasteiger partial charge in [-0.2, -0.15) is 0 Å². The summed E-state index contributed by atoms with van der Waals surface area (Å²) in [5.74, 6) is -0.400. The number of amides is 1. The van der Waals surface area contributed by atoms with E-state index in [1.54, 1.807) is 13.0 Å². The maximum atomic E-state index is 12.2. The number of nitrogens with two attached hydrogens (primary N) is 1. The van der Waals surface area contributed by atoms with E-state index >= 15 is 0 Å². The van der Waals surface area contributed by atoms with E-state index in [0.29, 0.717) is 5.69 Å². The molecule has 0 aliphatic rings. The molecular weight excluding hydrogens is 290 g/mol. The summed E-state index contributed by atoms with van der Waals surface area (Å²) in [4.78, 5) is 12.3. The minimum Gasteiger partial charge on any atom is -0.330 e. The van der Waals surface area contributed by atoms with Crippen molar-refractivity contribution in [2.45, 2.75) is 25.7 Å². The molecule has 1 aromatic rings. The second-order valence-corrected chi connectivity index (χ2v) is 7.15. The van der Waals surface area contributed by atoms with Crippen molar-refractivity contribution in [3.05, 3.63) is 23.8 Å². The van der Waals surface area contributed by atoms with E-state index in [9.17, 15) is 13.2 Å². The molecule has 0 aliphatic carbocycles. The Kier molecular flexibility index (Phi) is 5.88. The van der Waals surface area contributed by atoms with E-state index in [2.05, 4.69) is 10.0 Å². The molecule has 21 heavy (non-hydrogen) atoms. The number of carbonyl (C=O) groups is 1. The van der Waals surface area contributed by atoms with Gasteiger partial charge >= 0.3 is 0 Å². The molecule has 118 valence electrons.